The molecular formula is C25H24N2O6S. The minimum atomic E-state index is -4.54. The first-order valence-electron chi connectivity index (χ1n) is 11.0. The SMILES string of the molecule is O=C1Cc2cccc(N3CCN(Cc4cccc(-c5ccc(OS(=O)(=O)O)cc5)c4)CC3)c2O1. The Morgan fingerprint density at radius 3 is 2.38 bits per heavy atom. The monoisotopic (exact) mass is 480 g/mol. The van der Waals surface area contributed by atoms with Gasteiger partial charge in [-0.1, -0.05) is 42.5 Å². The van der Waals surface area contributed by atoms with Crippen LogP contribution in [-0.2, 0) is 28.2 Å². The van der Waals surface area contributed by atoms with Gasteiger partial charge < -0.3 is 13.8 Å². The number of carbonyl (C=O) groups excluding carboxylic acids is 1. The van der Waals surface area contributed by atoms with E-state index in [0.717, 1.165) is 55.1 Å². The number of piperazine rings is 1. The van der Waals surface area contributed by atoms with E-state index in [4.69, 9.17) is 9.29 Å². The number of anilines is 1. The van der Waals surface area contributed by atoms with E-state index in [2.05, 4.69) is 26.1 Å². The molecule has 0 atom stereocenters. The number of nitrogens with zero attached hydrogens (tertiary/aromatic N) is 2. The third-order valence-corrected chi connectivity index (χ3v) is 6.46. The summed E-state index contributed by atoms with van der Waals surface area (Å²) in [6.45, 7) is 4.30. The van der Waals surface area contributed by atoms with Crippen molar-refractivity contribution < 1.29 is 26.7 Å². The van der Waals surface area contributed by atoms with Crippen LogP contribution in [0.2, 0.25) is 0 Å². The zero-order valence-corrected chi connectivity index (χ0v) is 19.2. The largest absolute Gasteiger partial charge is 0.446 e. The van der Waals surface area contributed by atoms with Crippen LogP contribution in [0.25, 0.3) is 11.1 Å². The highest BCUT2D eigenvalue weighted by molar-refractivity contribution is 7.81. The van der Waals surface area contributed by atoms with Crippen molar-refractivity contribution in [3.8, 4) is 22.6 Å². The first-order valence-corrected chi connectivity index (χ1v) is 12.4. The molecule has 3 aromatic carbocycles. The lowest BCUT2D eigenvalue weighted by Gasteiger charge is -2.36. The Morgan fingerprint density at radius 2 is 1.65 bits per heavy atom. The van der Waals surface area contributed by atoms with Crippen LogP contribution in [0, 0.1) is 0 Å². The summed E-state index contributed by atoms with van der Waals surface area (Å²) in [5.74, 6) is 0.572. The number of hydrogen-bond donors (Lipinski definition) is 1. The van der Waals surface area contributed by atoms with Crippen molar-refractivity contribution in [2.45, 2.75) is 13.0 Å². The fraction of sp³-hybridized carbons (Fsp3) is 0.240. The van der Waals surface area contributed by atoms with E-state index in [-0.39, 0.29) is 11.7 Å². The molecule has 0 aliphatic carbocycles. The van der Waals surface area contributed by atoms with E-state index < -0.39 is 10.4 Å². The number of esters is 1. The van der Waals surface area contributed by atoms with Crippen LogP contribution in [0.1, 0.15) is 11.1 Å². The molecule has 2 heterocycles. The van der Waals surface area contributed by atoms with Crippen LogP contribution in [0.5, 0.6) is 11.5 Å². The Hall–Kier alpha value is -3.40. The van der Waals surface area contributed by atoms with Gasteiger partial charge in [0.15, 0.2) is 5.75 Å². The Kier molecular flexibility index (Phi) is 5.99. The fourth-order valence-electron chi connectivity index (χ4n) is 4.46. The maximum atomic E-state index is 11.7. The van der Waals surface area contributed by atoms with Crippen LogP contribution in [-0.4, -0.2) is 50.0 Å². The molecule has 1 saturated heterocycles. The van der Waals surface area contributed by atoms with Gasteiger partial charge in [-0.05, 0) is 41.0 Å². The summed E-state index contributed by atoms with van der Waals surface area (Å²) >= 11 is 0. The maximum absolute atomic E-state index is 11.7. The number of para-hydroxylation sites is 1. The topological polar surface area (TPSA) is 96.4 Å². The molecule has 0 unspecified atom stereocenters. The second kappa shape index (κ2) is 9.09. The third-order valence-electron chi connectivity index (χ3n) is 6.06. The molecule has 8 nitrogen and oxygen atoms in total. The van der Waals surface area contributed by atoms with Gasteiger partial charge in [0, 0.05) is 38.3 Å². The van der Waals surface area contributed by atoms with Crippen LogP contribution < -0.4 is 13.8 Å². The molecule has 0 saturated carbocycles. The highest BCUT2D eigenvalue weighted by atomic mass is 32.3. The van der Waals surface area contributed by atoms with E-state index in [1.807, 2.05) is 30.3 Å². The molecule has 0 spiro atoms. The molecule has 5 rings (SSSR count). The normalized spacial score (nSPS) is 16.3. The Balaban J connectivity index is 1.22. The molecule has 9 heteroatoms. The quantitative estimate of drug-likeness (QED) is 0.326. The lowest BCUT2D eigenvalue weighted by atomic mass is 10.0. The van der Waals surface area contributed by atoms with Crippen LogP contribution in [0.3, 0.4) is 0 Å². The van der Waals surface area contributed by atoms with Crippen molar-refractivity contribution in [1.82, 2.24) is 4.90 Å². The predicted molar refractivity (Wildman–Crippen MR) is 127 cm³/mol. The number of hydrogen-bond acceptors (Lipinski definition) is 7. The van der Waals surface area contributed by atoms with Crippen LogP contribution in [0.4, 0.5) is 5.69 Å². The van der Waals surface area contributed by atoms with Gasteiger partial charge in [-0.3, -0.25) is 14.2 Å². The van der Waals surface area contributed by atoms with E-state index in [9.17, 15) is 13.2 Å². The Morgan fingerprint density at radius 1 is 0.912 bits per heavy atom. The highest BCUT2D eigenvalue weighted by Crippen LogP contribution is 2.37. The minimum Gasteiger partial charge on any atom is -0.424 e. The summed E-state index contributed by atoms with van der Waals surface area (Å²) in [5.41, 5.74) is 5.06. The van der Waals surface area contributed by atoms with Crippen molar-refractivity contribution in [3.05, 3.63) is 77.9 Å². The number of fused-ring (bicyclic) bond motifs is 1. The van der Waals surface area contributed by atoms with Crippen LogP contribution in [0.15, 0.2) is 66.7 Å². The molecule has 0 aromatic heterocycles. The molecule has 34 heavy (non-hydrogen) atoms. The zero-order chi connectivity index (χ0) is 23.7. The van der Waals surface area contributed by atoms with Gasteiger partial charge in [0.25, 0.3) is 0 Å². The second-order valence-electron chi connectivity index (χ2n) is 8.42. The molecule has 1 fully saturated rings. The van der Waals surface area contributed by atoms with Gasteiger partial charge in [0.05, 0.1) is 12.1 Å². The van der Waals surface area contributed by atoms with E-state index >= 15 is 0 Å². The number of rotatable bonds is 6. The molecule has 2 aliphatic rings. The average Bonchev–Trinajstić information content (AvgIpc) is 3.20. The summed E-state index contributed by atoms with van der Waals surface area (Å²) in [4.78, 5) is 16.4. The first-order chi connectivity index (χ1) is 16.3. The van der Waals surface area contributed by atoms with Crippen molar-refractivity contribution in [2.75, 3.05) is 31.1 Å². The summed E-state index contributed by atoms with van der Waals surface area (Å²) in [5, 5.41) is 0. The first kappa shape index (κ1) is 22.4. The summed E-state index contributed by atoms with van der Waals surface area (Å²) in [6, 6.07) is 20.7. The molecule has 1 N–H and O–H groups in total. The molecule has 2 aliphatic heterocycles. The predicted octanol–water partition coefficient (Wildman–Crippen LogP) is 3.32. The van der Waals surface area contributed by atoms with Gasteiger partial charge >= 0.3 is 16.4 Å². The fourth-order valence-corrected chi connectivity index (χ4v) is 4.82. The van der Waals surface area contributed by atoms with Crippen molar-refractivity contribution in [2.24, 2.45) is 0 Å². The maximum Gasteiger partial charge on any atom is 0.446 e. The molecule has 0 radical (unpaired) electrons. The van der Waals surface area contributed by atoms with E-state index in [1.54, 1.807) is 12.1 Å². The number of benzene rings is 3. The van der Waals surface area contributed by atoms with Gasteiger partial charge in [-0.15, -0.1) is 0 Å². The molecule has 3 aromatic rings. The molecule has 176 valence electrons. The Bertz CT molecular complexity index is 1320. The third kappa shape index (κ3) is 5.06. The van der Waals surface area contributed by atoms with Crippen LogP contribution >= 0.6 is 0 Å². The minimum absolute atomic E-state index is 0.0547. The summed E-state index contributed by atoms with van der Waals surface area (Å²) < 4.78 is 40.5. The van der Waals surface area contributed by atoms with Crippen molar-refractivity contribution in [3.63, 3.8) is 0 Å². The zero-order valence-electron chi connectivity index (χ0n) is 18.4. The molecule has 0 amide bonds. The molecular weight excluding hydrogens is 456 g/mol. The highest BCUT2D eigenvalue weighted by Gasteiger charge is 2.27. The average molecular weight is 481 g/mol. The lowest BCUT2D eigenvalue weighted by molar-refractivity contribution is -0.131. The van der Waals surface area contributed by atoms with Crippen molar-refractivity contribution in [1.29, 1.82) is 0 Å². The summed E-state index contributed by atoms with van der Waals surface area (Å²) in [7, 11) is -4.54. The van der Waals surface area contributed by atoms with E-state index in [1.165, 1.54) is 17.7 Å². The van der Waals surface area contributed by atoms with Crippen molar-refractivity contribution >= 4 is 22.1 Å². The summed E-state index contributed by atoms with van der Waals surface area (Å²) in [6.07, 6.45) is 0.343. The lowest BCUT2D eigenvalue weighted by Crippen LogP contribution is -2.46. The van der Waals surface area contributed by atoms with E-state index in [0.29, 0.717) is 12.2 Å². The number of carbonyl (C=O) groups is 1. The van der Waals surface area contributed by atoms with Gasteiger partial charge in [-0.2, -0.15) is 8.42 Å². The number of ether oxygens (including phenoxy) is 1. The molecule has 0 bridgehead atoms. The second-order valence-corrected chi connectivity index (χ2v) is 9.44. The smallest absolute Gasteiger partial charge is 0.424 e. The van der Waals surface area contributed by atoms with Gasteiger partial charge in [-0.25, -0.2) is 0 Å². The van der Waals surface area contributed by atoms with Gasteiger partial charge in [0.2, 0.25) is 0 Å². The Labute approximate surface area is 198 Å². The van der Waals surface area contributed by atoms with Gasteiger partial charge in [0.1, 0.15) is 5.75 Å². The standard InChI is InChI=1S/C25H24N2O6S/c28-24-16-21-5-2-6-23(25(21)32-24)27-13-11-26(12-14-27)17-18-3-1-4-20(15-18)19-7-9-22(10-8-19)33-34(29,30)31/h1-10,15H,11-14,16-17H2,(H,29,30,31).